The first-order valence-corrected chi connectivity index (χ1v) is 8.65. The summed E-state index contributed by atoms with van der Waals surface area (Å²) < 4.78 is 0.957. The average molecular weight is 309 g/mol. The predicted molar refractivity (Wildman–Crippen MR) is 88.6 cm³/mol. The van der Waals surface area contributed by atoms with Crippen LogP contribution in [-0.2, 0) is 0 Å². The molecule has 0 aromatic carbocycles. The molecule has 6 heteroatoms. The molecule has 0 bridgehead atoms. The smallest absolute Gasteiger partial charge is 0.266 e. The highest BCUT2D eigenvalue weighted by molar-refractivity contribution is 7.98. The molecule has 0 spiro atoms. The fourth-order valence-corrected chi connectivity index (χ4v) is 3.62. The van der Waals surface area contributed by atoms with Gasteiger partial charge in [0.2, 0.25) is 0 Å². The van der Waals surface area contributed by atoms with Crippen molar-refractivity contribution in [2.75, 3.05) is 24.8 Å². The number of carbonyl (C=O) groups is 1. The molecular weight excluding hydrogens is 290 g/mol. The normalized spacial score (nSPS) is 12.6. The van der Waals surface area contributed by atoms with Gasteiger partial charge < -0.3 is 10.6 Å². The molecule has 1 unspecified atom stereocenters. The number of pyridine rings is 1. The van der Waals surface area contributed by atoms with Crippen molar-refractivity contribution in [3.63, 3.8) is 0 Å². The van der Waals surface area contributed by atoms with Gasteiger partial charge in [-0.25, -0.2) is 0 Å². The van der Waals surface area contributed by atoms with E-state index in [1.54, 1.807) is 29.1 Å². The van der Waals surface area contributed by atoms with Gasteiger partial charge >= 0.3 is 0 Å². The second-order valence-electron chi connectivity index (χ2n) is 4.76. The second kappa shape index (κ2) is 6.45. The van der Waals surface area contributed by atoms with E-state index in [2.05, 4.69) is 18.2 Å². The molecule has 0 aliphatic rings. The first kappa shape index (κ1) is 15.1. The Balaban J connectivity index is 2.24. The molecule has 2 aromatic rings. The number of fused-ring (bicyclic) bond motifs is 1. The molecule has 108 valence electrons. The van der Waals surface area contributed by atoms with Crippen LogP contribution in [0.1, 0.15) is 23.0 Å². The summed E-state index contributed by atoms with van der Waals surface area (Å²) in [6.45, 7) is 2.07. The zero-order valence-electron chi connectivity index (χ0n) is 11.9. The maximum absolute atomic E-state index is 12.6. The lowest BCUT2D eigenvalue weighted by atomic mass is 10.2. The van der Waals surface area contributed by atoms with Crippen molar-refractivity contribution in [1.82, 2.24) is 9.88 Å². The average Bonchev–Trinajstić information content (AvgIpc) is 2.81. The van der Waals surface area contributed by atoms with Crippen LogP contribution in [0.2, 0.25) is 0 Å². The Morgan fingerprint density at radius 3 is 3.00 bits per heavy atom. The summed E-state index contributed by atoms with van der Waals surface area (Å²) >= 11 is 3.21. The Bertz CT molecular complexity index is 611. The van der Waals surface area contributed by atoms with Crippen LogP contribution >= 0.6 is 23.1 Å². The van der Waals surface area contributed by atoms with Crippen molar-refractivity contribution in [2.45, 2.75) is 19.4 Å². The summed E-state index contributed by atoms with van der Waals surface area (Å²) in [7, 11) is 1.84. The quantitative estimate of drug-likeness (QED) is 0.922. The van der Waals surface area contributed by atoms with Gasteiger partial charge in [0.1, 0.15) is 4.88 Å². The fraction of sp³-hybridized carbons (Fsp3) is 0.429. The number of hydrogen-bond acceptors (Lipinski definition) is 5. The summed E-state index contributed by atoms with van der Waals surface area (Å²) in [5.41, 5.74) is 6.68. The van der Waals surface area contributed by atoms with Crippen LogP contribution in [0.15, 0.2) is 18.5 Å². The summed E-state index contributed by atoms with van der Waals surface area (Å²) in [6.07, 6.45) is 6.51. The summed E-state index contributed by atoms with van der Waals surface area (Å²) in [5.74, 6) is 1.04. The van der Waals surface area contributed by atoms with E-state index in [1.165, 1.54) is 11.3 Å². The lowest BCUT2D eigenvalue weighted by Crippen LogP contribution is -2.35. The predicted octanol–water partition coefficient (Wildman–Crippen LogP) is 3.09. The van der Waals surface area contributed by atoms with Crippen LogP contribution < -0.4 is 5.73 Å². The minimum absolute atomic E-state index is 0.00250. The van der Waals surface area contributed by atoms with Gasteiger partial charge in [-0.2, -0.15) is 11.8 Å². The van der Waals surface area contributed by atoms with Gasteiger partial charge in [0.05, 0.1) is 10.4 Å². The minimum atomic E-state index is -0.00250. The van der Waals surface area contributed by atoms with Crippen molar-refractivity contribution < 1.29 is 4.79 Å². The van der Waals surface area contributed by atoms with Crippen molar-refractivity contribution in [2.24, 2.45) is 0 Å². The van der Waals surface area contributed by atoms with Crippen molar-refractivity contribution >= 4 is 44.8 Å². The van der Waals surface area contributed by atoms with Crippen molar-refractivity contribution in [3.05, 3.63) is 23.3 Å². The lowest BCUT2D eigenvalue weighted by molar-refractivity contribution is 0.0747. The molecule has 1 amide bonds. The van der Waals surface area contributed by atoms with Crippen molar-refractivity contribution in [3.8, 4) is 0 Å². The highest BCUT2D eigenvalue weighted by Gasteiger charge is 2.22. The van der Waals surface area contributed by atoms with E-state index >= 15 is 0 Å². The molecular formula is C14H19N3OS2. The maximum Gasteiger partial charge on any atom is 0.266 e. The number of nitrogen functional groups attached to an aromatic ring is 1. The molecule has 1 atom stereocenters. The van der Waals surface area contributed by atoms with Crippen LogP contribution in [0.3, 0.4) is 0 Å². The highest BCUT2D eigenvalue weighted by atomic mass is 32.2. The van der Waals surface area contributed by atoms with E-state index in [0.29, 0.717) is 10.6 Å². The number of thiophene rings is 1. The molecule has 0 saturated carbocycles. The lowest BCUT2D eigenvalue weighted by Gasteiger charge is -2.24. The molecule has 2 N–H and O–H groups in total. The largest absolute Gasteiger partial charge is 0.397 e. The van der Waals surface area contributed by atoms with E-state index in [-0.39, 0.29) is 11.9 Å². The number of anilines is 1. The molecule has 20 heavy (non-hydrogen) atoms. The van der Waals surface area contributed by atoms with Crippen molar-refractivity contribution in [1.29, 1.82) is 0 Å². The number of amides is 1. The Kier molecular flexibility index (Phi) is 4.88. The molecule has 2 aromatic heterocycles. The summed E-state index contributed by atoms with van der Waals surface area (Å²) in [6, 6.07) is 2.06. The Morgan fingerprint density at radius 1 is 1.60 bits per heavy atom. The molecule has 4 nitrogen and oxygen atoms in total. The second-order valence-corrected chi connectivity index (χ2v) is 6.80. The molecule has 0 radical (unpaired) electrons. The number of carbonyl (C=O) groups excluding carboxylic acids is 1. The zero-order chi connectivity index (χ0) is 14.7. The first-order chi connectivity index (χ1) is 9.56. The topological polar surface area (TPSA) is 59.2 Å². The highest BCUT2D eigenvalue weighted by Crippen LogP contribution is 2.33. The van der Waals surface area contributed by atoms with Gasteiger partial charge in [0, 0.05) is 30.9 Å². The molecule has 2 heterocycles. The summed E-state index contributed by atoms with van der Waals surface area (Å²) in [4.78, 5) is 19.0. The zero-order valence-corrected chi connectivity index (χ0v) is 13.6. The Labute approximate surface area is 127 Å². The number of thioether (sulfide) groups is 1. The third-order valence-corrected chi connectivity index (χ3v) is 5.23. The third kappa shape index (κ3) is 2.91. The third-order valence-electron chi connectivity index (χ3n) is 3.45. The molecule has 0 aliphatic carbocycles. The Morgan fingerprint density at radius 2 is 2.35 bits per heavy atom. The van der Waals surface area contributed by atoms with Gasteiger partial charge in [-0.15, -0.1) is 11.3 Å². The number of rotatable bonds is 5. The minimum Gasteiger partial charge on any atom is -0.397 e. The van der Waals surface area contributed by atoms with E-state index in [0.717, 1.165) is 22.3 Å². The molecule has 0 saturated heterocycles. The number of hydrogen-bond donors (Lipinski definition) is 1. The number of aromatic nitrogens is 1. The Hall–Kier alpha value is -1.27. The van der Waals surface area contributed by atoms with Gasteiger partial charge in [-0.1, -0.05) is 0 Å². The van der Waals surface area contributed by atoms with Gasteiger partial charge in [-0.05, 0) is 31.4 Å². The number of nitrogens with two attached hydrogens (primary N) is 1. The number of nitrogens with zero attached hydrogens (tertiary/aromatic N) is 2. The SMILES string of the molecule is CSCCC(C)N(C)C(=O)c1sc2cnccc2c1N. The van der Waals surface area contributed by atoms with Crippen LogP contribution in [-0.4, -0.2) is 40.9 Å². The summed E-state index contributed by atoms with van der Waals surface area (Å²) in [5, 5.41) is 0.915. The molecule has 0 fully saturated rings. The van der Waals surface area contributed by atoms with Gasteiger partial charge in [-0.3, -0.25) is 9.78 Å². The van der Waals surface area contributed by atoms with Crippen LogP contribution in [0.5, 0.6) is 0 Å². The van der Waals surface area contributed by atoms with Crippen LogP contribution in [0.4, 0.5) is 5.69 Å². The maximum atomic E-state index is 12.6. The van der Waals surface area contributed by atoms with Crippen LogP contribution in [0.25, 0.3) is 10.1 Å². The standard InChI is InChI=1S/C14H19N3OS2/c1-9(5-7-19-3)17(2)14(18)13-12(15)10-4-6-16-8-11(10)20-13/h4,6,8-9H,5,7,15H2,1-3H3. The first-order valence-electron chi connectivity index (χ1n) is 6.44. The van der Waals surface area contributed by atoms with E-state index in [4.69, 9.17) is 5.73 Å². The van der Waals surface area contributed by atoms with Gasteiger partial charge in [0.25, 0.3) is 5.91 Å². The fourth-order valence-electron chi connectivity index (χ4n) is 1.97. The van der Waals surface area contributed by atoms with Gasteiger partial charge in [0.15, 0.2) is 0 Å². The van der Waals surface area contributed by atoms with E-state index in [9.17, 15) is 4.79 Å². The molecule has 0 aliphatic heterocycles. The molecule has 2 rings (SSSR count). The van der Waals surface area contributed by atoms with E-state index in [1.807, 2.05) is 13.1 Å². The van der Waals surface area contributed by atoms with E-state index < -0.39 is 0 Å². The monoisotopic (exact) mass is 309 g/mol. The van der Waals surface area contributed by atoms with Crippen LogP contribution in [0, 0.1) is 0 Å².